The van der Waals surface area contributed by atoms with Crippen LogP contribution in [0.2, 0.25) is 0 Å². The Kier molecular flexibility index (Phi) is 13.1. The van der Waals surface area contributed by atoms with E-state index in [9.17, 15) is 14.4 Å². The smallest absolute Gasteiger partial charge is 0.410 e. The van der Waals surface area contributed by atoms with E-state index in [1.807, 2.05) is 48.5 Å². The summed E-state index contributed by atoms with van der Waals surface area (Å²) in [5.74, 6) is -0.330. The van der Waals surface area contributed by atoms with Crippen LogP contribution >= 0.6 is 0 Å². The van der Waals surface area contributed by atoms with Crippen molar-refractivity contribution in [2.24, 2.45) is 5.92 Å². The Balaban J connectivity index is 0. The maximum absolute atomic E-state index is 12.0. The Bertz CT molecular complexity index is 406. The van der Waals surface area contributed by atoms with Crippen molar-refractivity contribution in [1.82, 2.24) is 9.80 Å². The molecule has 0 saturated carbocycles. The molecule has 6 nitrogen and oxygen atoms in total. The SMILES string of the molecule is CC.CC.CC(C)C(=O)CC(=O)N1CCN(C(=O)OC(C)(C)C)CC1. The van der Waals surface area contributed by atoms with Gasteiger partial charge in [-0.25, -0.2) is 4.79 Å². The highest BCUT2D eigenvalue weighted by Gasteiger charge is 2.28. The van der Waals surface area contributed by atoms with Crippen LogP contribution in [0.3, 0.4) is 0 Å². The van der Waals surface area contributed by atoms with Gasteiger partial charge in [0.05, 0.1) is 6.42 Å². The van der Waals surface area contributed by atoms with E-state index in [2.05, 4.69) is 0 Å². The molecule has 1 aliphatic rings. The number of hydrogen-bond donors (Lipinski definition) is 0. The molecule has 0 N–H and O–H groups in total. The number of carbonyl (C=O) groups excluding carboxylic acids is 3. The van der Waals surface area contributed by atoms with Gasteiger partial charge in [0.2, 0.25) is 5.91 Å². The molecule has 0 unspecified atom stereocenters. The number of hydrogen-bond acceptors (Lipinski definition) is 4. The number of ether oxygens (including phenoxy) is 1. The molecule has 0 aromatic carbocycles. The maximum Gasteiger partial charge on any atom is 0.410 e. The molecule has 6 heteroatoms. The topological polar surface area (TPSA) is 66.9 Å². The van der Waals surface area contributed by atoms with Crippen LogP contribution in [0.15, 0.2) is 0 Å². The van der Waals surface area contributed by atoms with Gasteiger partial charge in [0.1, 0.15) is 11.4 Å². The van der Waals surface area contributed by atoms with Crippen LogP contribution in [-0.4, -0.2) is 59.4 Å². The third-order valence-electron chi connectivity index (χ3n) is 3.25. The molecule has 148 valence electrons. The summed E-state index contributed by atoms with van der Waals surface area (Å²) in [6.45, 7) is 18.8. The number of carbonyl (C=O) groups is 3. The van der Waals surface area contributed by atoms with Crippen LogP contribution in [0, 0.1) is 5.92 Å². The predicted molar refractivity (Wildman–Crippen MR) is 102 cm³/mol. The van der Waals surface area contributed by atoms with E-state index >= 15 is 0 Å². The molecule has 0 bridgehead atoms. The van der Waals surface area contributed by atoms with Gasteiger partial charge in [-0.3, -0.25) is 9.59 Å². The highest BCUT2D eigenvalue weighted by molar-refractivity contribution is 5.98. The van der Waals surface area contributed by atoms with Crippen LogP contribution in [0.25, 0.3) is 0 Å². The van der Waals surface area contributed by atoms with Crippen molar-refractivity contribution in [2.75, 3.05) is 26.2 Å². The summed E-state index contributed by atoms with van der Waals surface area (Å²) < 4.78 is 5.30. The first-order chi connectivity index (χ1) is 11.6. The molecule has 2 amide bonds. The predicted octanol–water partition coefficient (Wildman–Crippen LogP) is 3.73. The summed E-state index contributed by atoms with van der Waals surface area (Å²) in [6.07, 6.45) is -0.405. The van der Waals surface area contributed by atoms with E-state index in [4.69, 9.17) is 4.74 Å². The van der Waals surface area contributed by atoms with Gasteiger partial charge in [0.15, 0.2) is 0 Å². The van der Waals surface area contributed by atoms with Gasteiger partial charge in [-0.2, -0.15) is 0 Å². The van der Waals surface area contributed by atoms with Crippen molar-refractivity contribution in [3.05, 3.63) is 0 Å². The Morgan fingerprint density at radius 3 is 1.64 bits per heavy atom. The summed E-state index contributed by atoms with van der Waals surface area (Å²) in [5, 5.41) is 0. The lowest BCUT2D eigenvalue weighted by atomic mass is 10.1. The summed E-state index contributed by atoms with van der Waals surface area (Å²) in [6, 6.07) is 0. The third-order valence-corrected chi connectivity index (χ3v) is 3.25. The van der Waals surface area contributed by atoms with Gasteiger partial charge in [0, 0.05) is 32.1 Å². The molecule has 0 aromatic heterocycles. The number of nitrogens with zero attached hydrogens (tertiary/aromatic N) is 2. The van der Waals surface area contributed by atoms with Crippen molar-refractivity contribution in [3.8, 4) is 0 Å². The molecule has 1 fully saturated rings. The fourth-order valence-electron chi connectivity index (χ4n) is 1.93. The van der Waals surface area contributed by atoms with Crippen molar-refractivity contribution < 1.29 is 19.1 Å². The molecule has 0 atom stereocenters. The molecule has 0 aromatic rings. The van der Waals surface area contributed by atoms with Crippen molar-refractivity contribution in [2.45, 2.75) is 74.3 Å². The zero-order chi connectivity index (χ0) is 20.2. The third kappa shape index (κ3) is 10.8. The van der Waals surface area contributed by atoms with Crippen LogP contribution in [0.1, 0.15) is 68.7 Å². The number of Topliss-reactive ketones (excluding diaryl/α,β-unsaturated/α-hetero) is 1. The van der Waals surface area contributed by atoms with Crippen LogP contribution in [-0.2, 0) is 14.3 Å². The Hall–Kier alpha value is -1.59. The molecular formula is C19H38N2O4. The second kappa shape index (κ2) is 12.7. The van der Waals surface area contributed by atoms with E-state index in [0.717, 1.165) is 0 Å². The molecule has 0 radical (unpaired) electrons. The minimum atomic E-state index is -0.520. The average molecular weight is 359 g/mol. The first-order valence-corrected chi connectivity index (χ1v) is 9.38. The van der Waals surface area contributed by atoms with Crippen molar-refractivity contribution in [1.29, 1.82) is 0 Å². The lowest BCUT2D eigenvalue weighted by Crippen LogP contribution is -2.52. The molecule has 1 saturated heterocycles. The Labute approximate surface area is 153 Å². The summed E-state index contributed by atoms with van der Waals surface area (Å²) >= 11 is 0. The fourth-order valence-corrected chi connectivity index (χ4v) is 1.93. The number of amides is 2. The number of piperazine rings is 1. The molecule has 0 spiro atoms. The first-order valence-electron chi connectivity index (χ1n) is 9.38. The number of rotatable bonds is 3. The largest absolute Gasteiger partial charge is 0.444 e. The minimum Gasteiger partial charge on any atom is -0.444 e. The monoisotopic (exact) mass is 358 g/mol. The van der Waals surface area contributed by atoms with Gasteiger partial charge in [-0.15, -0.1) is 0 Å². The maximum atomic E-state index is 12.0. The Morgan fingerprint density at radius 1 is 0.880 bits per heavy atom. The summed E-state index contributed by atoms with van der Waals surface area (Å²) in [7, 11) is 0. The molecular weight excluding hydrogens is 320 g/mol. The number of ketones is 1. The highest BCUT2D eigenvalue weighted by Crippen LogP contribution is 2.12. The van der Waals surface area contributed by atoms with Crippen LogP contribution in [0.5, 0.6) is 0 Å². The van der Waals surface area contributed by atoms with Crippen LogP contribution < -0.4 is 0 Å². The lowest BCUT2D eigenvalue weighted by molar-refractivity contribution is -0.137. The molecule has 25 heavy (non-hydrogen) atoms. The van der Waals surface area contributed by atoms with E-state index in [1.165, 1.54) is 0 Å². The van der Waals surface area contributed by atoms with Gasteiger partial charge in [-0.1, -0.05) is 41.5 Å². The molecule has 0 aliphatic carbocycles. The summed E-state index contributed by atoms with van der Waals surface area (Å²) in [5.41, 5.74) is -0.520. The zero-order valence-corrected chi connectivity index (χ0v) is 17.6. The van der Waals surface area contributed by atoms with Crippen LogP contribution in [0.4, 0.5) is 4.79 Å². The summed E-state index contributed by atoms with van der Waals surface area (Å²) in [4.78, 5) is 38.7. The Morgan fingerprint density at radius 2 is 1.28 bits per heavy atom. The normalized spacial score (nSPS) is 14.0. The van der Waals surface area contributed by atoms with E-state index in [1.54, 1.807) is 23.6 Å². The minimum absolute atomic E-state index is 0.0467. The second-order valence-electron chi connectivity index (χ2n) is 6.65. The standard InChI is InChI=1S/C15H26N2O4.2C2H6/c1-11(2)12(18)10-13(19)16-6-8-17(9-7-16)14(20)21-15(3,4)5;2*1-2/h11H,6-10H2,1-5H3;2*1-2H3. The fraction of sp³-hybridized carbons (Fsp3) is 0.842. The lowest BCUT2D eigenvalue weighted by Gasteiger charge is -2.35. The van der Waals surface area contributed by atoms with E-state index in [0.29, 0.717) is 26.2 Å². The van der Waals surface area contributed by atoms with Gasteiger partial charge >= 0.3 is 6.09 Å². The van der Waals surface area contributed by atoms with Crippen molar-refractivity contribution in [3.63, 3.8) is 0 Å². The van der Waals surface area contributed by atoms with E-state index < -0.39 is 5.60 Å². The molecule has 1 heterocycles. The highest BCUT2D eigenvalue weighted by atomic mass is 16.6. The van der Waals surface area contributed by atoms with Gasteiger partial charge in [-0.05, 0) is 20.8 Å². The quantitative estimate of drug-likeness (QED) is 0.721. The van der Waals surface area contributed by atoms with Gasteiger partial charge in [0.25, 0.3) is 0 Å². The van der Waals surface area contributed by atoms with E-state index in [-0.39, 0.29) is 30.1 Å². The first kappa shape index (κ1) is 25.6. The second-order valence-corrected chi connectivity index (χ2v) is 6.65. The molecule has 1 rings (SSSR count). The molecule has 1 aliphatic heterocycles. The average Bonchev–Trinajstić information content (AvgIpc) is 2.57. The van der Waals surface area contributed by atoms with Crippen molar-refractivity contribution >= 4 is 17.8 Å². The van der Waals surface area contributed by atoms with Gasteiger partial charge < -0.3 is 14.5 Å². The zero-order valence-electron chi connectivity index (χ0n) is 17.6.